The molecule has 0 saturated carbocycles. The molecule has 0 aromatic heterocycles. The zero-order chi connectivity index (χ0) is 16.0. The summed E-state index contributed by atoms with van der Waals surface area (Å²) in [5.74, 6) is -1.26. The van der Waals surface area contributed by atoms with Crippen LogP contribution < -0.4 is 0 Å². The van der Waals surface area contributed by atoms with Crippen LogP contribution in [0.15, 0.2) is 30.3 Å². The lowest BCUT2D eigenvalue weighted by molar-refractivity contribution is -0.230. The summed E-state index contributed by atoms with van der Waals surface area (Å²) in [6.45, 7) is 5.05. The smallest absolute Gasteiger partial charge is 0.338 e. The van der Waals surface area contributed by atoms with Gasteiger partial charge in [0.1, 0.15) is 24.4 Å². The van der Waals surface area contributed by atoms with Crippen LogP contribution in [0.5, 0.6) is 0 Å². The Kier molecular flexibility index (Phi) is 3.72. The van der Waals surface area contributed by atoms with Crippen LogP contribution in [0.1, 0.15) is 31.1 Å². The van der Waals surface area contributed by atoms with Gasteiger partial charge in [0.05, 0.1) is 5.56 Å². The third-order valence-corrected chi connectivity index (χ3v) is 3.96. The molecule has 3 rings (SSSR count). The van der Waals surface area contributed by atoms with Crippen molar-refractivity contribution in [1.29, 1.82) is 0 Å². The van der Waals surface area contributed by atoms with Gasteiger partial charge < -0.3 is 24.1 Å². The predicted octanol–water partition coefficient (Wildman–Crippen LogP) is 1.47. The van der Waals surface area contributed by atoms with Gasteiger partial charge in [0.25, 0.3) is 0 Å². The lowest BCUT2D eigenvalue weighted by Gasteiger charge is -2.29. The van der Waals surface area contributed by atoms with Crippen molar-refractivity contribution in [2.45, 2.75) is 50.7 Å². The first kappa shape index (κ1) is 15.4. The minimum Gasteiger partial charge on any atom is -0.459 e. The van der Waals surface area contributed by atoms with Crippen LogP contribution in [0.25, 0.3) is 0 Å². The van der Waals surface area contributed by atoms with Crippen molar-refractivity contribution in [3.8, 4) is 0 Å². The van der Waals surface area contributed by atoms with E-state index in [1.54, 1.807) is 45.0 Å². The van der Waals surface area contributed by atoms with Crippen molar-refractivity contribution in [3.63, 3.8) is 0 Å². The summed E-state index contributed by atoms with van der Waals surface area (Å²) in [5.41, 5.74) is -0.843. The molecule has 2 saturated heterocycles. The van der Waals surface area contributed by atoms with Gasteiger partial charge in [-0.1, -0.05) is 18.2 Å². The van der Waals surface area contributed by atoms with E-state index in [-0.39, 0.29) is 6.61 Å². The number of aliphatic hydroxyl groups is 1. The maximum absolute atomic E-state index is 11.9. The highest BCUT2D eigenvalue weighted by Gasteiger charge is 2.61. The monoisotopic (exact) mass is 308 g/mol. The van der Waals surface area contributed by atoms with Gasteiger partial charge in [-0.05, 0) is 32.9 Å². The van der Waals surface area contributed by atoms with Gasteiger partial charge in [0, 0.05) is 0 Å². The molecule has 1 unspecified atom stereocenters. The van der Waals surface area contributed by atoms with E-state index in [0.717, 1.165) is 0 Å². The second-order valence-electron chi connectivity index (χ2n) is 6.24. The summed E-state index contributed by atoms with van der Waals surface area (Å²) in [4.78, 5) is 11.9. The number of benzene rings is 1. The summed E-state index contributed by atoms with van der Waals surface area (Å²) in [7, 11) is 0. The average molecular weight is 308 g/mol. The van der Waals surface area contributed by atoms with Crippen LogP contribution in [-0.4, -0.2) is 47.6 Å². The van der Waals surface area contributed by atoms with Crippen molar-refractivity contribution in [2.75, 3.05) is 6.61 Å². The fourth-order valence-corrected chi connectivity index (χ4v) is 2.72. The van der Waals surface area contributed by atoms with Gasteiger partial charge in [-0.3, -0.25) is 0 Å². The molecule has 2 aliphatic rings. The largest absolute Gasteiger partial charge is 0.459 e. The number of fused-ring (bicyclic) bond motifs is 1. The molecule has 2 fully saturated rings. The normalized spacial score (nSPS) is 36.1. The Balaban J connectivity index is 1.62. The second kappa shape index (κ2) is 5.31. The molecule has 1 N–H and O–H groups in total. The van der Waals surface area contributed by atoms with E-state index in [1.807, 2.05) is 6.07 Å². The lowest BCUT2D eigenvalue weighted by atomic mass is 9.95. The van der Waals surface area contributed by atoms with E-state index in [9.17, 15) is 9.90 Å². The van der Waals surface area contributed by atoms with Crippen LogP contribution in [0.2, 0.25) is 0 Å². The first-order valence-electron chi connectivity index (χ1n) is 7.25. The van der Waals surface area contributed by atoms with Gasteiger partial charge in [0.2, 0.25) is 0 Å². The van der Waals surface area contributed by atoms with Gasteiger partial charge in [-0.25, -0.2) is 4.79 Å². The van der Waals surface area contributed by atoms with E-state index in [4.69, 9.17) is 18.9 Å². The van der Waals surface area contributed by atoms with E-state index < -0.39 is 35.9 Å². The molecule has 0 spiro atoms. The molecule has 6 nitrogen and oxygen atoms in total. The molecule has 120 valence electrons. The minimum atomic E-state index is -1.30. The fourth-order valence-electron chi connectivity index (χ4n) is 2.72. The molecular weight excluding hydrogens is 288 g/mol. The average Bonchev–Trinajstić information content (AvgIpc) is 2.89. The number of hydrogen-bond acceptors (Lipinski definition) is 6. The zero-order valence-electron chi connectivity index (χ0n) is 12.8. The number of esters is 1. The molecule has 6 heteroatoms. The minimum absolute atomic E-state index is 0.0686. The SMILES string of the molecule is CC1(C)OC2[C@@H](O[C@H](COC(=O)c3ccccc3)[C@@]2(C)O)O1. The Bertz CT molecular complexity index is 553. The molecular formula is C16H20O6. The van der Waals surface area contributed by atoms with Gasteiger partial charge in [-0.2, -0.15) is 0 Å². The molecule has 1 aromatic rings. The topological polar surface area (TPSA) is 74.2 Å². The van der Waals surface area contributed by atoms with E-state index in [1.165, 1.54) is 0 Å². The Hall–Kier alpha value is -1.47. The standard InChI is InChI=1S/C16H20O6/c1-15(2)21-12-14(22-15)20-11(16(12,3)18)9-19-13(17)10-7-5-4-6-8-10/h4-8,11-12,14,18H,9H2,1-3H3/t11-,12?,14+,16-/m1/s1. The van der Waals surface area contributed by atoms with E-state index >= 15 is 0 Å². The quantitative estimate of drug-likeness (QED) is 0.852. The molecule has 1 aromatic carbocycles. The number of hydrogen-bond donors (Lipinski definition) is 1. The van der Waals surface area contributed by atoms with Crippen LogP contribution in [-0.2, 0) is 18.9 Å². The van der Waals surface area contributed by atoms with Crippen LogP contribution in [0, 0.1) is 0 Å². The molecule has 0 aliphatic carbocycles. The maximum atomic E-state index is 11.9. The van der Waals surface area contributed by atoms with Gasteiger partial charge in [0.15, 0.2) is 12.1 Å². The van der Waals surface area contributed by atoms with Gasteiger partial charge in [-0.15, -0.1) is 0 Å². The highest BCUT2D eigenvalue weighted by atomic mass is 16.8. The predicted molar refractivity (Wildman–Crippen MR) is 76.0 cm³/mol. The summed E-state index contributed by atoms with van der Waals surface area (Å²) in [6.07, 6.45) is -1.97. The second-order valence-corrected chi connectivity index (χ2v) is 6.24. The Morgan fingerprint density at radius 1 is 1.23 bits per heavy atom. The third-order valence-electron chi connectivity index (χ3n) is 3.96. The van der Waals surface area contributed by atoms with Crippen molar-refractivity contribution in [2.24, 2.45) is 0 Å². The summed E-state index contributed by atoms with van der Waals surface area (Å²) in [6, 6.07) is 8.66. The van der Waals surface area contributed by atoms with Crippen LogP contribution in [0.3, 0.4) is 0 Å². The van der Waals surface area contributed by atoms with Crippen LogP contribution >= 0.6 is 0 Å². The Morgan fingerprint density at radius 2 is 1.91 bits per heavy atom. The molecule has 2 aliphatic heterocycles. The molecule has 0 radical (unpaired) electrons. The molecule has 0 bridgehead atoms. The molecule has 4 atom stereocenters. The first-order chi connectivity index (χ1) is 10.3. The van der Waals surface area contributed by atoms with Crippen molar-refractivity contribution >= 4 is 5.97 Å². The fraction of sp³-hybridized carbons (Fsp3) is 0.562. The van der Waals surface area contributed by atoms with E-state index in [2.05, 4.69) is 0 Å². The number of rotatable bonds is 3. The summed E-state index contributed by atoms with van der Waals surface area (Å²) in [5, 5.41) is 10.6. The zero-order valence-corrected chi connectivity index (χ0v) is 12.8. The maximum Gasteiger partial charge on any atom is 0.338 e. The molecule has 0 amide bonds. The Labute approximate surface area is 128 Å². The molecule has 2 heterocycles. The van der Waals surface area contributed by atoms with Gasteiger partial charge >= 0.3 is 5.97 Å². The van der Waals surface area contributed by atoms with Crippen LogP contribution in [0.4, 0.5) is 0 Å². The number of carbonyl (C=O) groups excluding carboxylic acids is 1. The number of carbonyl (C=O) groups is 1. The lowest BCUT2D eigenvalue weighted by Crippen LogP contribution is -2.48. The summed E-state index contributed by atoms with van der Waals surface area (Å²) >= 11 is 0. The van der Waals surface area contributed by atoms with Crippen molar-refractivity contribution in [3.05, 3.63) is 35.9 Å². The van der Waals surface area contributed by atoms with Crippen molar-refractivity contribution < 1.29 is 28.8 Å². The third kappa shape index (κ3) is 2.75. The highest BCUT2D eigenvalue weighted by Crippen LogP contribution is 2.42. The Morgan fingerprint density at radius 3 is 2.55 bits per heavy atom. The van der Waals surface area contributed by atoms with E-state index in [0.29, 0.717) is 5.56 Å². The number of ether oxygens (including phenoxy) is 4. The highest BCUT2D eigenvalue weighted by molar-refractivity contribution is 5.89. The van der Waals surface area contributed by atoms with Crippen molar-refractivity contribution in [1.82, 2.24) is 0 Å². The first-order valence-corrected chi connectivity index (χ1v) is 7.25. The summed E-state index contributed by atoms with van der Waals surface area (Å²) < 4.78 is 22.1. The molecule has 22 heavy (non-hydrogen) atoms.